The van der Waals surface area contributed by atoms with E-state index in [-0.39, 0.29) is 11.8 Å². The van der Waals surface area contributed by atoms with Crippen LogP contribution in [0.2, 0.25) is 0 Å². The summed E-state index contributed by atoms with van der Waals surface area (Å²) in [5.41, 5.74) is 0.577. The van der Waals surface area contributed by atoms with Crippen LogP contribution in [0.25, 0.3) is 0 Å². The summed E-state index contributed by atoms with van der Waals surface area (Å²) in [4.78, 5) is 28.6. The Hall–Kier alpha value is -1.88. The van der Waals surface area contributed by atoms with Crippen LogP contribution in [0.1, 0.15) is 23.7 Å². The fraction of sp³-hybridized carbons (Fsp3) is 0.500. The molecule has 0 radical (unpaired) electrons. The first-order chi connectivity index (χ1) is 10.1. The average Bonchev–Trinajstić information content (AvgIpc) is 2.72. The van der Waals surface area contributed by atoms with Crippen molar-refractivity contribution in [2.24, 2.45) is 0 Å². The first kappa shape index (κ1) is 15.5. The van der Waals surface area contributed by atoms with Crippen molar-refractivity contribution < 1.29 is 9.59 Å². The van der Waals surface area contributed by atoms with E-state index in [0.717, 1.165) is 32.6 Å². The van der Waals surface area contributed by atoms with Gasteiger partial charge in [-0.25, -0.2) is 0 Å². The average molecular weight is 289 g/mol. The van der Waals surface area contributed by atoms with Crippen LogP contribution in [-0.2, 0) is 4.79 Å². The number of carbonyl (C=O) groups is 2. The Bertz CT molecular complexity index is 490. The Labute approximate surface area is 125 Å². The minimum Gasteiger partial charge on any atom is -0.341 e. The SMILES string of the molecule is CC(NC(=O)c1ccccc1)C(=O)N1CCCN(C)CC1. The summed E-state index contributed by atoms with van der Waals surface area (Å²) in [5, 5.41) is 2.78. The second-order valence-electron chi connectivity index (χ2n) is 5.54. The molecule has 21 heavy (non-hydrogen) atoms. The number of amides is 2. The number of rotatable bonds is 3. The predicted octanol–water partition coefficient (Wildman–Crippen LogP) is 0.969. The standard InChI is InChI=1S/C16H23N3O2/c1-13(17-15(20)14-7-4-3-5-8-14)16(21)19-10-6-9-18(2)11-12-19/h3-5,7-8,13H,6,9-12H2,1-2H3,(H,17,20). The Morgan fingerprint density at radius 3 is 2.52 bits per heavy atom. The van der Waals surface area contributed by atoms with Gasteiger partial charge in [0.25, 0.3) is 5.91 Å². The first-order valence-corrected chi connectivity index (χ1v) is 7.41. The van der Waals surface area contributed by atoms with E-state index >= 15 is 0 Å². The van der Waals surface area contributed by atoms with Gasteiger partial charge in [0.1, 0.15) is 6.04 Å². The zero-order valence-electron chi connectivity index (χ0n) is 12.7. The fourth-order valence-electron chi connectivity index (χ4n) is 2.47. The highest BCUT2D eigenvalue weighted by molar-refractivity contribution is 5.97. The molecular formula is C16H23N3O2. The topological polar surface area (TPSA) is 52.7 Å². The van der Waals surface area contributed by atoms with E-state index in [1.807, 2.05) is 23.1 Å². The highest BCUT2D eigenvalue weighted by atomic mass is 16.2. The van der Waals surface area contributed by atoms with Gasteiger partial charge < -0.3 is 15.1 Å². The van der Waals surface area contributed by atoms with Gasteiger partial charge in [0, 0.05) is 25.2 Å². The van der Waals surface area contributed by atoms with E-state index in [1.165, 1.54) is 0 Å². The van der Waals surface area contributed by atoms with Crippen LogP contribution in [0.4, 0.5) is 0 Å². The number of benzene rings is 1. The molecule has 1 aliphatic heterocycles. The normalized spacial score (nSPS) is 17.9. The Balaban J connectivity index is 1.91. The maximum atomic E-state index is 12.4. The van der Waals surface area contributed by atoms with Crippen molar-refractivity contribution in [3.05, 3.63) is 35.9 Å². The van der Waals surface area contributed by atoms with Gasteiger partial charge >= 0.3 is 0 Å². The molecule has 2 amide bonds. The van der Waals surface area contributed by atoms with Crippen LogP contribution >= 0.6 is 0 Å². The van der Waals surface area contributed by atoms with Crippen LogP contribution in [0.5, 0.6) is 0 Å². The number of hydrogen-bond donors (Lipinski definition) is 1. The third-order valence-electron chi connectivity index (χ3n) is 3.79. The zero-order chi connectivity index (χ0) is 15.2. The third kappa shape index (κ3) is 4.29. The summed E-state index contributed by atoms with van der Waals surface area (Å²) in [6.45, 7) is 5.12. The zero-order valence-corrected chi connectivity index (χ0v) is 12.7. The number of hydrogen-bond acceptors (Lipinski definition) is 3. The molecule has 1 N–H and O–H groups in total. The molecule has 2 rings (SSSR count). The molecular weight excluding hydrogens is 266 g/mol. The van der Waals surface area contributed by atoms with Crippen molar-refractivity contribution in [3.8, 4) is 0 Å². The Kier molecular flexibility index (Phi) is 5.33. The molecule has 5 nitrogen and oxygen atoms in total. The van der Waals surface area contributed by atoms with Gasteiger partial charge in [-0.3, -0.25) is 9.59 Å². The molecule has 0 bridgehead atoms. The smallest absolute Gasteiger partial charge is 0.251 e. The van der Waals surface area contributed by atoms with Crippen molar-refractivity contribution in [3.63, 3.8) is 0 Å². The van der Waals surface area contributed by atoms with Gasteiger partial charge in [0.2, 0.25) is 5.91 Å². The monoisotopic (exact) mass is 289 g/mol. The van der Waals surface area contributed by atoms with Crippen LogP contribution < -0.4 is 5.32 Å². The van der Waals surface area contributed by atoms with Crippen LogP contribution in [0.15, 0.2) is 30.3 Å². The van der Waals surface area contributed by atoms with E-state index in [0.29, 0.717) is 5.56 Å². The van der Waals surface area contributed by atoms with Gasteiger partial charge in [0.15, 0.2) is 0 Å². The molecule has 0 spiro atoms. The van der Waals surface area contributed by atoms with Gasteiger partial charge in [-0.05, 0) is 39.1 Å². The van der Waals surface area contributed by atoms with Crippen LogP contribution in [0, 0.1) is 0 Å². The van der Waals surface area contributed by atoms with Gasteiger partial charge in [-0.2, -0.15) is 0 Å². The number of nitrogens with zero attached hydrogens (tertiary/aromatic N) is 2. The van der Waals surface area contributed by atoms with E-state index in [2.05, 4.69) is 17.3 Å². The molecule has 1 fully saturated rings. The summed E-state index contributed by atoms with van der Waals surface area (Å²) in [6.07, 6.45) is 0.974. The van der Waals surface area contributed by atoms with Crippen molar-refractivity contribution in [2.45, 2.75) is 19.4 Å². The molecule has 1 heterocycles. The maximum Gasteiger partial charge on any atom is 0.251 e. The van der Waals surface area contributed by atoms with Crippen molar-refractivity contribution >= 4 is 11.8 Å². The lowest BCUT2D eigenvalue weighted by Crippen LogP contribution is -2.47. The molecule has 1 unspecified atom stereocenters. The van der Waals surface area contributed by atoms with E-state index in [9.17, 15) is 9.59 Å². The number of carbonyl (C=O) groups excluding carboxylic acids is 2. The number of likely N-dealkylation sites (N-methyl/N-ethyl adjacent to an activating group) is 1. The molecule has 0 saturated carbocycles. The van der Waals surface area contributed by atoms with Crippen LogP contribution in [0.3, 0.4) is 0 Å². The fourth-order valence-corrected chi connectivity index (χ4v) is 2.47. The summed E-state index contributed by atoms with van der Waals surface area (Å²) in [7, 11) is 2.06. The van der Waals surface area contributed by atoms with E-state index in [4.69, 9.17) is 0 Å². The van der Waals surface area contributed by atoms with Gasteiger partial charge in [0.05, 0.1) is 0 Å². The number of nitrogens with one attached hydrogen (secondary N) is 1. The second-order valence-corrected chi connectivity index (χ2v) is 5.54. The van der Waals surface area contributed by atoms with Gasteiger partial charge in [-0.15, -0.1) is 0 Å². The van der Waals surface area contributed by atoms with E-state index < -0.39 is 6.04 Å². The summed E-state index contributed by atoms with van der Waals surface area (Å²) in [5.74, 6) is -0.210. The van der Waals surface area contributed by atoms with Crippen molar-refractivity contribution in [2.75, 3.05) is 33.2 Å². The van der Waals surface area contributed by atoms with Gasteiger partial charge in [-0.1, -0.05) is 18.2 Å². The Morgan fingerprint density at radius 1 is 1.10 bits per heavy atom. The Morgan fingerprint density at radius 2 is 1.81 bits per heavy atom. The molecule has 1 saturated heterocycles. The lowest BCUT2D eigenvalue weighted by Gasteiger charge is -2.24. The lowest BCUT2D eigenvalue weighted by atomic mass is 10.2. The molecule has 1 aliphatic rings. The minimum atomic E-state index is -0.499. The predicted molar refractivity (Wildman–Crippen MR) is 82.1 cm³/mol. The minimum absolute atomic E-state index is 0.00502. The molecule has 114 valence electrons. The van der Waals surface area contributed by atoms with E-state index in [1.54, 1.807) is 19.1 Å². The van der Waals surface area contributed by atoms with Crippen LogP contribution in [-0.4, -0.2) is 60.9 Å². The highest BCUT2D eigenvalue weighted by Crippen LogP contribution is 2.05. The molecule has 0 aromatic heterocycles. The largest absolute Gasteiger partial charge is 0.341 e. The summed E-state index contributed by atoms with van der Waals surface area (Å²) >= 11 is 0. The highest BCUT2D eigenvalue weighted by Gasteiger charge is 2.23. The summed E-state index contributed by atoms with van der Waals surface area (Å²) in [6, 6.07) is 8.47. The first-order valence-electron chi connectivity index (χ1n) is 7.41. The molecule has 1 atom stereocenters. The molecule has 0 aliphatic carbocycles. The molecule has 5 heteroatoms. The molecule has 1 aromatic rings. The van der Waals surface area contributed by atoms with Crippen molar-refractivity contribution in [1.82, 2.24) is 15.1 Å². The lowest BCUT2D eigenvalue weighted by molar-refractivity contribution is -0.132. The summed E-state index contributed by atoms with van der Waals surface area (Å²) < 4.78 is 0. The van der Waals surface area contributed by atoms with Crippen molar-refractivity contribution in [1.29, 1.82) is 0 Å². The maximum absolute atomic E-state index is 12.4. The third-order valence-corrected chi connectivity index (χ3v) is 3.79. The molecule has 1 aromatic carbocycles. The quantitative estimate of drug-likeness (QED) is 0.902. The second kappa shape index (κ2) is 7.22.